The molecule has 1 saturated heterocycles. The summed E-state index contributed by atoms with van der Waals surface area (Å²) in [6, 6.07) is 8.72. The normalized spacial score (nSPS) is 14.5. The third-order valence-electron chi connectivity index (χ3n) is 4.04. The average molecular weight is 434 g/mol. The van der Waals surface area contributed by atoms with E-state index in [2.05, 4.69) is 4.72 Å². The molecule has 2 aromatic rings. The van der Waals surface area contributed by atoms with Gasteiger partial charge < -0.3 is 4.90 Å². The van der Waals surface area contributed by atoms with Crippen LogP contribution in [0.4, 0.5) is 5.69 Å². The van der Waals surface area contributed by atoms with Gasteiger partial charge in [-0.25, -0.2) is 8.42 Å². The minimum Gasteiger partial charge on any atom is -0.339 e. The molecule has 0 unspecified atom stereocenters. The topological polar surface area (TPSA) is 66.5 Å². The van der Waals surface area contributed by atoms with Crippen LogP contribution in [-0.2, 0) is 10.0 Å². The van der Waals surface area contributed by atoms with E-state index in [4.69, 9.17) is 34.8 Å². The van der Waals surface area contributed by atoms with E-state index in [1.807, 2.05) is 0 Å². The number of nitrogens with zero attached hydrogens (tertiary/aromatic N) is 1. The third kappa shape index (κ3) is 4.09. The maximum Gasteiger partial charge on any atom is 0.263 e. The molecule has 26 heavy (non-hydrogen) atoms. The van der Waals surface area contributed by atoms with E-state index in [0.717, 1.165) is 25.9 Å². The number of carbonyl (C=O) groups excluding carboxylic acids is 1. The number of likely N-dealkylation sites (tertiary alicyclic amines) is 1. The van der Waals surface area contributed by atoms with E-state index in [9.17, 15) is 13.2 Å². The summed E-state index contributed by atoms with van der Waals surface area (Å²) in [7, 11) is -3.95. The molecule has 0 spiro atoms. The zero-order valence-electron chi connectivity index (χ0n) is 13.5. The molecule has 1 aliphatic rings. The Kier molecular flexibility index (Phi) is 5.67. The fourth-order valence-corrected chi connectivity index (χ4v) is 4.77. The standard InChI is InChI=1S/C17H15Cl3N2O3S/c18-13-9-15(20)16(10-14(13)19)26(24,25)21-12-5-3-11(4-6-12)17(23)22-7-1-2-8-22/h3-6,9-10,21H,1-2,7-8H2. The number of nitrogens with one attached hydrogen (secondary N) is 1. The predicted molar refractivity (Wildman–Crippen MR) is 104 cm³/mol. The first kappa shape index (κ1) is 19.3. The number of rotatable bonds is 4. The Labute approximate surface area is 166 Å². The molecule has 0 bridgehead atoms. The molecule has 1 N–H and O–H groups in total. The molecular formula is C17H15Cl3N2O3S. The minimum absolute atomic E-state index is 0.0345. The van der Waals surface area contributed by atoms with E-state index >= 15 is 0 Å². The van der Waals surface area contributed by atoms with E-state index in [0.29, 0.717) is 11.3 Å². The molecule has 0 radical (unpaired) electrons. The zero-order chi connectivity index (χ0) is 18.9. The number of anilines is 1. The van der Waals surface area contributed by atoms with Crippen LogP contribution in [0.3, 0.4) is 0 Å². The average Bonchev–Trinajstić information content (AvgIpc) is 3.12. The van der Waals surface area contributed by atoms with Crippen LogP contribution < -0.4 is 4.72 Å². The van der Waals surface area contributed by atoms with E-state index in [1.54, 1.807) is 17.0 Å². The lowest BCUT2D eigenvalue weighted by atomic mass is 10.2. The van der Waals surface area contributed by atoms with Crippen molar-refractivity contribution in [2.45, 2.75) is 17.7 Å². The Bertz CT molecular complexity index is 940. The van der Waals surface area contributed by atoms with Crippen molar-refractivity contribution in [3.05, 3.63) is 57.0 Å². The number of sulfonamides is 1. The van der Waals surface area contributed by atoms with Gasteiger partial charge in [0.1, 0.15) is 4.90 Å². The largest absolute Gasteiger partial charge is 0.339 e. The van der Waals surface area contributed by atoms with Crippen molar-refractivity contribution in [2.75, 3.05) is 17.8 Å². The van der Waals surface area contributed by atoms with Gasteiger partial charge in [-0.15, -0.1) is 0 Å². The van der Waals surface area contributed by atoms with E-state index in [1.165, 1.54) is 24.3 Å². The molecule has 0 atom stereocenters. The summed E-state index contributed by atoms with van der Waals surface area (Å²) >= 11 is 17.7. The molecule has 1 aliphatic heterocycles. The summed E-state index contributed by atoms with van der Waals surface area (Å²) in [5.41, 5.74) is 0.826. The van der Waals surface area contributed by atoms with Crippen LogP contribution >= 0.6 is 34.8 Å². The molecule has 5 nitrogen and oxygen atoms in total. The van der Waals surface area contributed by atoms with Crippen LogP contribution in [-0.4, -0.2) is 32.3 Å². The number of amides is 1. The molecule has 138 valence electrons. The molecule has 1 amide bonds. The van der Waals surface area contributed by atoms with Crippen LogP contribution in [0.15, 0.2) is 41.3 Å². The van der Waals surface area contributed by atoms with Crippen molar-refractivity contribution in [2.24, 2.45) is 0 Å². The molecule has 0 aromatic heterocycles. The van der Waals surface area contributed by atoms with E-state index in [-0.39, 0.29) is 25.9 Å². The molecule has 2 aromatic carbocycles. The highest BCUT2D eigenvalue weighted by Gasteiger charge is 2.22. The first-order valence-corrected chi connectivity index (χ1v) is 10.5. The number of hydrogen-bond donors (Lipinski definition) is 1. The van der Waals surface area contributed by atoms with Crippen molar-refractivity contribution < 1.29 is 13.2 Å². The molecule has 1 heterocycles. The minimum atomic E-state index is -3.95. The lowest BCUT2D eigenvalue weighted by Crippen LogP contribution is -2.27. The maximum atomic E-state index is 12.5. The van der Waals surface area contributed by atoms with Crippen molar-refractivity contribution in [1.82, 2.24) is 4.90 Å². The molecule has 0 saturated carbocycles. The molecule has 9 heteroatoms. The van der Waals surface area contributed by atoms with Gasteiger partial charge >= 0.3 is 0 Å². The SMILES string of the molecule is O=C(c1ccc(NS(=O)(=O)c2cc(Cl)c(Cl)cc2Cl)cc1)N1CCCC1. The monoisotopic (exact) mass is 432 g/mol. The highest BCUT2D eigenvalue weighted by atomic mass is 35.5. The number of halogens is 3. The van der Waals surface area contributed by atoms with Gasteiger partial charge in [0.05, 0.1) is 15.1 Å². The van der Waals surface area contributed by atoms with Crippen molar-refractivity contribution >= 4 is 56.4 Å². The van der Waals surface area contributed by atoms with Crippen molar-refractivity contribution in [3.8, 4) is 0 Å². The lowest BCUT2D eigenvalue weighted by molar-refractivity contribution is 0.0793. The Morgan fingerprint density at radius 1 is 0.923 bits per heavy atom. The number of benzene rings is 2. The summed E-state index contributed by atoms with van der Waals surface area (Å²) in [5, 5.41) is 0.219. The fraction of sp³-hybridized carbons (Fsp3) is 0.235. The first-order valence-electron chi connectivity index (χ1n) is 7.84. The Balaban J connectivity index is 1.80. The van der Waals surface area contributed by atoms with Crippen LogP contribution in [0.1, 0.15) is 23.2 Å². The molecular weight excluding hydrogens is 419 g/mol. The Morgan fingerprint density at radius 2 is 1.50 bits per heavy atom. The smallest absolute Gasteiger partial charge is 0.263 e. The van der Waals surface area contributed by atoms with Gasteiger partial charge in [-0.05, 0) is 49.2 Å². The maximum absolute atomic E-state index is 12.5. The van der Waals surface area contributed by atoms with Gasteiger partial charge in [-0.1, -0.05) is 34.8 Å². The van der Waals surface area contributed by atoms with Gasteiger partial charge in [0, 0.05) is 24.3 Å². The summed E-state index contributed by atoms with van der Waals surface area (Å²) in [5.74, 6) is -0.0514. The second-order valence-electron chi connectivity index (χ2n) is 5.88. The second-order valence-corrected chi connectivity index (χ2v) is 8.75. The van der Waals surface area contributed by atoms with Crippen LogP contribution in [0, 0.1) is 0 Å². The zero-order valence-corrected chi connectivity index (χ0v) is 16.6. The van der Waals surface area contributed by atoms with Gasteiger partial charge in [0.2, 0.25) is 0 Å². The second kappa shape index (κ2) is 7.64. The third-order valence-corrected chi connectivity index (χ3v) is 6.61. The summed E-state index contributed by atoms with van der Waals surface area (Å²) in [6.07, 6.45) is 2.02. The quantitative estimate of drug-likeness (QED) is 0.712. The van der Waals surface area contributed by atoms with E-state index < -0.39 is 10.0 Å². The Morgan fingerprint density at radius 3 is 2.12 bits per heavy atom. The Hall–Kier alpha value is -1.47. The van der Waals surface area contributed by atoms with Crippen LogP contribution in [0.5, 0.6) is 0 Å². The van der Waals surface area contributed by atoms with Crippen LogP contribution in [0.25, 0.3) is 0 Å². The lowest BCUT2D eigenvalue weighted by Gasteiger charge is -2.15. The number of hydrogen-bond acceptors (Lipinski definition) is 3. The van der Waals surface area contributed by atoms with Gasteiger partial charge in [0.25, 0.3) is 15.9 Å². The molecule has 0 aliphatic carbocycles. The predicted octanol–water partition coefficient (Wildman–Crippen LogP) is 4.68. The highest BCUT2D eigenvalue weighted by Crippen LogP contribution is 2.32. The van der Waals surface area contributed by atoms with Crippen molar-refractivity contribution in [3.63, 3.8) is 0 Å². The summed E-state index contributed by atoms with van der Waals surface area (Å²) in [4.78, 5) is 13.9. The molecule has 3 rings (SSSR count). The van der Waals surface area contributed by atoms with Crippen molar-refractivity contribution in [1.29, 1.82) is 0 Å². The van der Waals surface area contributed by atoms with Gasteiger partial charge in [0.15, 0.2) is 0 Å². The summed E-state index contributed by atoms with van der Waals surface area (Å²) in [6.45, 7) is 1.51. The highest BCUT2D eigenvalue weighted by molar-refractivity contribution is 7.92. The van der Waals surface area contributed by atoms with Crippen LogP contribution in [0.2, 0.25) is 15.1 Å². The fourth-order valence-electron chi connectivity index (χ4n) is 2.70. The first-order chi connectivity index (χ1) is 12.3. The molecule has 1 fully saturated rings. The van der Waals surface area contributed by atoms with Gasteiger partial charge in [-0.3, -0.25) is 9.52 Å². The number of carbonyl (C=O) groups is 1. The van der Waals surface area contributed by atoms with Gasteiger partial charge in [-0.2, -0.15) is 0 Å². The summed E-state index contributed by atoms with van der Waals surface area (Å²) < 4.78 is 27.5.